The van der Waals surface area contributed by atoms with Crippen LogP contribution in [0.3, 0.4) is 0 Å². The molecule has 1 amide bonds. The van der Waals surface area contributed by atoms with E-state index in [0.717, 1.165) is 39.5 Å². The van der Waals surface area contributed by atoms with Gasteiger partial charge in [0, 0.05) is 6.54 Å². The number of carbonyl (C=O) groups is 1. The third-order valence-corrected chi connectivity index (χ3v) is 5.58. The molecule has 1 aromatic heterocycles. The molecule has 27 heavy (non-hydrogen) atoms. The number of carbonyl (C=O) groups excluding carboxylic acids is 1. The van der Waals surface area contributed by atoms with Crippen LogP contribution in [0.4, 0.5) is 4.39 Å². The average molecular weight is 378 g/mol. The van der Waals surface area contributed by atoms with Gasteiger partial charge >= 0.3 is 0 Å². The van der Waals surface area contributed by atoms with Crippen molar-refractivity contribution in [3.8, 4) is 0 Å². The minimum absolute atomic E-state index is 0.191. The van der Waals surface area contributed by atoms with Crippen molar-refractivity contribution in [2.75, 3.05) is 0 Å². The zero-order valence-electron chi connectivity index (χ0n) is 15.0. The highest BCUT2D eigenvalue weighted by Crippen LogP contribution is 2.20. The van der Waals surface area contributed by atoms with Gasteiger partial charge in [-0.2, -0.15) is 4.99 Å². The fourth-order valence-corrected chi connectivity index (χ4v) is 4.43. The lowest BCUT2D eigenvalue weighted by molar-refractivity contribution is -0.117. The molecule has 0 aliphatic rings. The quantitative estimate of drug-likeness (QED) is 0.488. The summed E-state index contributed by atoms with van der Waals surface area (Å²) in [5, 5.41) is 2.18. The van der Waals surface area contributed by atoms with Gasteiger partial charge in [-0.3, -0.25) is 4.79 Å². The zero-order valence-corrected chi connectivity index (χ0v) is 15.8. The van der Waals surface area contributed by atoms with E-state index in [1.165, 1.54) is 23.5 Å². The fraction of sp³-hybridized carbons (Fsp3) is 0.182. The van der Waals surface area contributed by atoms with Crippen LogP contribution in [-0.4, -0.2) is 10.5 Å². The van der Waals surface area contributed by atoms with Gasteiger partial charge in [0.1, 0.15) is 5.82 Å². The van der Waals surface area contributed by atoms with Crippen LogP contribution >= 0.6 is 11.3 Å². The predicted molar refractivity (Wildman–Crippen MR) is 108 cm³/mol. The first-order valence-corrected chi connectivity index (χ1v) is 9.80. The largest absolute Gasteiger partial charge is 0.316 e. The number of halogens is 1. The number of hydrogen-bond donors (Lipinski definition) is 0. The molecule has 0 fully saturated rings. The summed E-state index contributed by atoms with van der Waals surface area (Å²) >= 11 is 1.36. The van der Waals surface area contributed by atoms with E-state index in [4.69, 9.17) is 0 Å². The predicted octanol–water partition coefficient (Wildman–Crippen LogP) is 5.08. The van der Waals surface area contributed by atoms with Crippen molar-refractivity contribution in [2.24, 2.45) is 4.99 Å². The van der Waals surface area contributed by atoms with Crippen LogP contribution in [0.15, 0.2) is 65.7 Å². The molecule has 0 aliphatic carbocycles. The summed E-state index contributed by atoms with van der Waals surface area (Å²) in [6.45, 7) is 2.81. The molecule has 5 heteroatoms. The molecule has 0 N–H and O–H groups in total. The molecular weight excluding hydrogens is 359 g/mol. The highest BCUT2D eigenvalue weighted by molar-refractivity contribution is 7.16. The third kappa shape index (κ3) is 3.55. The molecule has 0 saturated carbocycles. The highest BCUT2D eigenvalue weighted by Gasteiger charge is 2.10. The van der Waals surface area contributed by atoms with E-state index >= 15 is 0 Å². The van der Waals surface area contributed by atoms with Gasteiger partial charge in [-0.15, -0.1) is 0 Å². The first-order valence-electron chi connectivity index (χ1n) is 8.99. The summed E-state index contributed by atoms with van der Waals surface area (Å²) in [4.78, 5) is 17.7. The summed E-state index contributed by atoms with van der Waals surface area (Å²) in [7, 11) is 0. The molecule has 0 radical (unpaired) electrons. The molecule has 0 bridgehead atoms. The molecule has 0 saturated heterocycles. The molecule has 4 rings (SSSR count). The number of amides is 1. The molecule has 3 nitrogen and oxygen atoms in total. The number of fused-ring (bicyclic) bond motifs is 2. The number of hydrogen-bond acceptors (Lipinski definition) is 2. The van der Waals surface area contributed by atoms with E-state index in [1.807, 2.05) is 47.0 Å². The number of nitrogens with zero attached hydrogens (tertiary/aromatic N) is 2. The van der Waals surface area contributed by atoms with E-state index in [9.17, 15) is 9.18 Å². The van der Waals surface area contributed by atoms with Crippen molar-refractivity contribution in [2.45, 2.75) is 26.3 Å². The van der Waals surface area contributed by atoms with Gasteiger partial charge in [-0.25, -0.2) is 4.39 Å². The Labute approximate surface area is 160 Å². The molecule has 0 spiro atoms. The van der Waals surface area contributed by atoms with Crippen LogP contribution in [0, 0.1) is 5.82 Å². The normalized spacial score (nSPS) is 12.1. The summed E-state index contributed by atoms with van der Waals surface area (Å²) in [6, 6.07) is 18.7. The number of aromatic nitrogens is 1. The van der Waals surface area contributed by atoms with Crippen LogP contribution in [0.25, 0.3) is 21.0 Å². The van der Waals surface area contributed by atoms with Crippen molar-refractivity contribution < 1.29 is 9.18 Å². The van der Waals surface area contributed by atoms with Crippen molar-refractivity contribution in [1.29, 1.82) is 0 Å². The molecular formula is C22H19FN2OS. The average Bonchev–Trinajstić information content (AvgIpc) is 2.98. The van der Waals surface area contributed by atoms with Crippen LogP contribution in [0.2, 0.25) is 0 Å². The van der Waals surface area contributed by atoms with E-state index in [-0.39, 0.29) is 18.1 Å². The fourth-order valence-electron chi connectivity index (χ4n) is 3.33. The van der Waals surface area contributed by atoms with E-state index in [0.29, 0.717) is 4.80 Å². The number of benzene rings is 3. The van der Waals surface area contributed by atoms with Crippen molar-refractivity contribution in [1.82, 2.24) is 4.57 Å². The molecule has 0 aliphatic heterocycles. The zero-order chi connectivity index (χ0) is 18.8. The Morgan fingerprint density at radius 2 is 1.93 bits per heavy atom. The van der Waals surface area contributed by atoms with Gasteiger partial charge in [0.25, 0.3) is 5.91 Å². The van der Waals surface area contributed by atoms with E-state index < -0.39 is 0 Å². The second-order valence-corrected chi connectivity index (χ2v) is 7.48. The van der Waals surface area contributed by atoms with Crippen LogP contribution in [-0.2, 0) is 17.8 Å². The standard InChI is InChI=1S/C22H19FN2OS/c1-2-12-25-19-11-10-17(23)14-20(19)27-22(25)24-21(26)13-16-8-5-7-15-6-3-4-9-18(15)16/h3-11,14H,2,12-13H2,1H3. The van der Waals surface area contributed by atoms with Gasteiger partial charge in [0.15, 0.2) is 4.80 Å². The van der Waals surface area contributed by atoms with Crippen LogP contribution in [0.1, 0.15) is 18.9 Å². The molecule has 0 unspecified atom stereocenters. The van der Waals surface area contributed by atoms with Gasteiger partial charge in [-0.05, 0) is 41.0 Å². The second kappa shape index (κ2) is 7.45. The van der Waals surface area contributed by atoms with Crippen molar-refractivity contribution >= 4 is 38.2 Å². The Bertz CT molecular complexity index is 1200. The van der Waals surface area contributed by atoms with Crippen LogP contribution < -0.4 is 4.80 Å². The number of thiazole rings is 1. The smallest absolute Gasteiger partial charge is 0.252 e. The molecule has 0 atom stereocenters. The van der Waals surface area contributed by atoms with E-state index in [2.05, 4.69) is 11.9 Å². The Morgan fingerprint density at radius 3 is 2.78 bits per heavy atom. The van der Waals surface area contributed by atoms with Gasteiger partial charge < -0.3 is 4.57 Å². The lowest BCUT2D eigenvalue weighted by Crippen LogP contribution is -2.17. The summed E-state index contributed by atoms with van der Waals surface area (Å²) in [6.07, 6.45) is 1.16. The monoisotopic (exact) mass is 378 g/mol. The van der Waals surface area contributed by atoms with Crippen molar-refractivity contribution in [3.05, 3.63) is 76.8 Å². The minimum Gasteiger partial charge on any atom is -0.316 e. The molecule has 136 valence electrons. The summed E-state index contributed by atoms with van der Waals surface area (Å²) in [5.74, 6) is -0.468. The maximum Gasteiger partial charge on any atom is 0.252 e. The Balaban J connectivity index is 1.74. The van der Waals surface area contributed by atoms with Gasteiger partial charge in [0.2, 0.25) is 0 Å². The number of rotatable bonds is 4. The summed E-state index contributed by atoms with van der Waals surface area (Å²) in [5.41, 5.74) is 1.89. The number of aryl methyl sites for hydroxylation is 1. The summed E-state index contributed by atoms with van der Waals surface area (Å²) < 4.78 is 16.4. The Hall–Kier alpha value is -2.79. The lowest BCUT2D eigenvalue weighted by Gasteiger charge is -2.04. The Kier molecular flexibility index (Phi) is 4.86. The van der Waals surface area contributed by atoms with E-state index in [1.54, 1.807) is 6.07 Å². The third-order valence-electron chi connectivity index (χ3n) is 4.53. The minimum atomic E-state index is -0.277. The maximum atomic E-state index is 13.6. The van der Waals surface area contributed by atoms with Crippen molar-refractivity contribution in [3.63, 3.8) is 0 Å². The maximum absolute atomic E-state index is 13.6. The molecule has 1 heterocycles. The first-order chi connectivity index (χ1) is 13.2. The van der Waals surface area contributed by atoms with Gasteiger partial charge in [-0.1, -0.05) is 60.7 Å². The van der Waals surface area contributed by atoms with Gasteiger partial charge in [0.05, 0.1) is 16.6 Å². The first kappa shape index (κ1) is 17.6. The molecule has 3 aromatic carbocycles. The molecule has 4 aromatic rings. The van der Waals surface area contributed by atoms with Crippen LogP contribution in [0.5, 0.6) is 0 Å². The SMILES string of the molecule is CCCn1c(=NC(=O)Cc2cccc3ccccc23)sc2cc(F)ccc21. The lowest BCUT2D eigenvalue weighted by atomic mass is 10.0. The highest BCUT2D eigenvalue weighted by atomic mass is 32.1. The second-order valence-electron chi connectivity index (χ2n) is 6.47. The topological polar surface area (TPSA) is 34.4 Å². The Morgan fingerprint density at radius 1 is 1.11 bits per heavy atom.